The summed E-state index contributed by atoms with van der Waals surface area (Å²) in [6.07, 6.45) is 7.57. The molecule has 0 saturated carbocycles. The van der Waals surface area contributed by atoms with Crippen LogP contribution in [0.1, 0.15) is 57.1 Å². The molecule has 2 aromatic carbocycles. The minimum absolute atomic E-state index is 0.0601. The van der Waals surface area contributed by atoms with Crippen LogP contribution in [0.5, 0.6) is 0 Å². The van der Waals surface area contributed by atoms with Gasteiger partial charge in [0.25, 0.3) is 5.92 Å². The smallest absolute Gasteiger partial charge is 0.202 e. The van der Waals surface area contributed by atoms with Crippen LogP contribution in [0.15, 0.2) is 48.5 Å². The molecular weight excluding hydrogens is 290 g/mol. The van der Waals surface area contributed by atoms with Crippen molar-refractivity contribution in [2.24, 2.45) is 0 Å². The van der Waals surface area contributed by atoms with Gasteiger partial charge in [0.05, 0.1) is 0 Å². The molecule has 0 saturated heterocycles. The average molecular weight is 316 g/mol. The van der Waals surface area contributed by atoms with Crippen molar-refractivity contribution in [1.29, 1.82) is 0 Å². The number of hydrogen-bond donors (Lipinski definition) is 0. The average Bonchev–Trinajstić information content (AvgIpc) is 2.55. The standard InChI is InChI=1S/C21H26F2/c1-3-4-5-6-7-8-17-9-11-18(12-10-17)19-13-15-20(16-14-19)21(2,22)23/h9-16H,3-8H2,1-2H3. The molecule has 0 aliphatic heterocycles. The molecule has 0 spiro atoms. The number of hydrogen-bond acceptors (Lipinski definition) is 0. The Hall–Kier alpha value is -1.70. The molecule has 0 amide bonds. The minimum Gasteiger partial charge on any atom is -0.202 e. The highest BCUT2D eigenvalue weighted by Gasteiger charge is 2.23. The topological polar surface area (TPSA) is 0 Å². The van der Waals surface area contributed by atoms with Crippen molar-refractivity contribution in [1.82, 2.24) is 0 Å². The molecule has 0 aliphatic rings. The van der Waals surface area contributed by atoms with Crippen LogP contribution in [0.4, 0.5) is 8.78 Å². The predicted octanol–water partition coefficient (Wildman–Crippen LogP) is 6.98. The third-order valence-corrected chi connectivity index (χ3v) is 4.25. The molecule has 2 heteroatoms. The van der Waals surface area contributed by atoms with Gasteiger partial charge in [-0.3, -0.25) is 0 Å². The normalized spacial score (nSPS) is 11.7. The molecule has 0 radical (unpaired) electrons. The van der Waals surface area contributed by atoms with E-state index in [4.69, 9.17) is 0 Å². The number of rotatable bonds is 8. The SMILES string of the molecule is CCCCCCCc1ccc(-c2ccc(C(C)(F)F)cc2)cc1. The highest BCUT2D eigenvalue weighted by Crippen LogP contribution is 2.29. The van der Waals surface area contributed by atoms with Gasteiger partial charge in [-0.1, -0.05) is 81.1 Å². The number of alkyl halides is 2. The molecule has 0 heterocycles. The van der Waals surface area contributed by atoms with Crippen LogP contribution in [0.3, 0.4) is 0 Å². The van der Waals surface area contributed by atoms with E-state index >= 15 is 0 Å². The first-order chi connectivity index (χ1) is 11.0. The van der Waals surface area contributed by atoms with Gasteiger partial charge in [-0.15, -0.1) is 0 Å². The molecule has 0 atom stereocenters. The van der Waals surface area contributed by atoms with E-state index in [0.29, 0.717) is 0 Å². The van der Waals surface area contributed by atoms with Gasteiger partial charge in [0.15, 0.2) is 0 Å². The molecule has 2 aromatic rings. The molecule has 124 valence electrons. The lowest BCUT2D eigenvalue weighted by atomic mass is 9.99. The van der Waals surface area contributed by atoms with E-state index in [0.717, 1.165) is 24.5 Å². The van der Waals surface area contributed by atoms with E-state index in [-0.39, 0.29) is 5.56 Å². The summed E-state index contributed by atoms with van der Waals surface area (Å²) in [5.41, 5.74) is 3.46. The first-order valence-electron chi connectivity index (χ1n) is 8.58. The third kappa shape index (κ3) is 5.46. The Bertz CT molecular complexity index is 577. The Morgan fingerprint density at radius 3 is 1.78 bits per heavy atom. The Morgan fingerprint density at radius 1 is 0.739 bits per heavy atom. The highest BCUT2D eigenvalue weighted by molar-refractivity contribution is 5.64. The van der Waals surface area contributed by atoms with Crippen molar-refractivity contribution in [2.75, 3.05) is 0 Å². The van der Waals surface area contributed by atoms with E-state index in [1.165, 1.54) is 49.8 Å². The van der Waals surface area contributed by atoms with Gasteiger partial charge in [0, 0.05) is 12.5 Å². The van der Waals surface area contributed by atoms with Gasteiger partial charge in [-0.25, -0.2) is 8.78 Å². The van der Waals surface area contributed by atoms with Crippen LogP contribution in [0, 0.1) is 0 Å². The molecule has 23 heavy (non-hydrogen) atoms. The quantitative estimate of drug-likeness (QED) is 0.461. The van der Waals surface area contributed by atoms with E-state index < -0.39 is 5.92 Å². The molecule has 0 aromatic heterocycles. The molecule has 0 nitrogen and oxygen atoms in total. The first-order valence-corrected chi connectivity index (χ1v) is 8.58. The summed E-state index contributed by atoms with van der Waals surface area (Å²) in [4.78, 5) is 0. The summed E-state index contributed by atoms with van der Waals surface area (Å²) in [7, 11) is 0. The van der Waals surface area contributed by atoms with Gasteiger partial charge in [0.2, 0.25) is 0 Å². The maximum absolute atomic E-state index is 13.2. The maximum Gasteiger partial charge on any atom is 0.270 e. The van der Waals surface area contributed by atoms with Crippen LogP contribution in [-0.2, 0) is 12.3 Å². The van der Waals surface area contributed by atoms with E-state index in [2.05, 4.69) is 31.2 Å². The molecule has 0 bridgehead atoms. The second-order valence-electron chi connectivity index (χ2n) is 6.33. The van der Waals surface area contributed by atoms with Gasteiger partial charge in [-0.05, 0) is 29.5 Å². The summed E-state index contributed by atoms with van der Waals surface area (Å²) < 4.78 is 26.5. The Kier molecular flexibility index (Phi) is 6.32. The fourth-order valence-corrected chi connectivity index (χ4v) is 2.75. The lowest BCUT2D eigenvalue weighted by Crippen LogP contribution is -2.06. The maximum atomic E-state index is 13.2. The largest absolute Gasteiger partial charge is 0.270 e. The zero-order valence-corrected chi connectivity index (χ0v) is 14.1. The van der Waals surface area contributed by atoms with Crippen LogP contribution < -0.4 is 0 Å². The summed E-state index contributed by atoms with van der Waals surface area (Å²) in [5.74, 6) is -2.78. The summed E-state index contributed by atoms with van der Waals surface area (Å²) in [6, 6.07) is 15.0. The van der Waals surface area contributed by atoms with Crippen molar-refractivity contribution in [3.63, 3.8) is 0 Å². The predicted molar refractivity (Wildman–Crippen MR) is 93.9 cm³/mol. The summed E-state index contributed by atoms with van der Waals surface area (Å²) in [6.45, 7) is 3.16. The Morgan fingerprint density at radius 2 is 1.26 bits per heavy atom. The lowest BCUT2D eigenvalue weighted by Gasteiger charge is -2.11. The fraction of sp³-hybridized carbons (Fsp3) is 0.429. The molecule has 0 aliphatic carbocycles. The Balaban J connectivity index is 1.94. The van der Waals surface area contributed by atoms with E-state index in [1.807, 2.05) is 0 Å². The molecule has 2 rings (SSSR count). The second kappa shape index (κ2) is 8.24. The molecule has 0 N–H and O–H groups in total. The number of benzene rings is 2. The molecule has 0 fully saturated rings. The van der Waals surface area contributed by atoms with Gasteiger partial charge in [0.1, 0.15) is 0 Å². The molecular formula is C21H26F2. The van der Waals surface area contributed by atoms with Crippen molar-refractivity contribution in [3.8, 4) is 11.1 Å². The number of halogens is 2. The molecule has 0 unspecified atom stereocenters. The monoisotopic (exact) mass is 316 g/mol. The van der Waals surface area contributed by atoms with Crippen LogP contribution in [0.25, 0.3) is 11.1 Å². The lowest BCUT2D eigenvalue weighted by molar-refractivity contribution is 0.0175. The van der Waals surface area contributed by atoms with Crippen molar-refractivity contribution < 1.29 is 8.78 Å². The first kappa shape index (κ1) is 17.7. The number of unbranched alkanes of at least 4 members (excludes halogenated alkanes) is 4. The summed E-state index contributed by atoms with van der Waals surface area (Å²) >= 11 is 0. The third-order valence-electron chi connectivity index (χ3n) is 4.25. The zero-order valence-electron chi connectivity index (χ0n) is 14.1. The number of aryl methyl sites for hydroxylation is 1. The van der Waals surface area contributed by atoms with Gasteiger partial charge < -0.3 is 0 Å². The van der Waals surface area contributed by atoms with Crippen LogP contribution in [-0.4, -0.2) is 0 Å². The van der Waals surface area contributed by atoms with Crippen molar-refractivity contribution in [2.45, 2.75) is 58.3 Å². The fourth-order valence-electron chi connectivity index (χ4n) is 2.75. The second-order valence-corrected chi connectivity index (χ2v) is 6.33. The minimum atomic E-state index is -2.78. The van der Waals surface area contributed by atoms with E-state index in [9.17, 15) is 8.78 Å². The van der Waals surface area contributed by atoms with E-state index in [1.54, 1.807) is 12.1 Å². The Labute approximate surface area is 138 Å². The van der Waals surface area contributed by atoms with Crippen molar-refractivity contribution in [3.05, 3.63) is 59.7 Å². The van der Waals surface area contributed by atoms with Gasteiger partial charge >= 0.3 is 0 Å². The van der Waals surface area contributed by atoms with Crippen molar-refractivity contribution >= 4 is 0 Å². The van der Waals surface area contributed by atoms with Crippen LogP contribution >= 0.6 is 0 Å². The highest BCUT2D eigenvalue weighted by atomic mass is 19.3. The van der Waals surface area contributed by atoms with Crippen LogP contribution in [0.2, 0.25) is 0 Å². The summed E-state index contributed by atoms with van der Waals surface area (Å²) in [5, 5.41) is 0. The van der Waals surface area contributed by atoms with Gasteiger partial charge in [-0.2, -0.15) is 0 Å². The zero-order chi connectivity index (χ0) is 16.7.